The molecule has 0 aliphatic heterocycles. The van der Waals surface area contributed by atoms with Gasteiger partial charge in [0.1, 0.15) is 0 Å². The molecule has 0 saturated heterocycles. The zero-order valence-electron chi connectivity index (χ0n) is 5.28. The fraction of sp³-hybridized carbons (Fsp3) is 1.00. The molecule has 0 aromatic rings. The normalized spacial score (nSPS) is 10.0. The molecule has 7 heavy (non-hydrogen) atoms. The molecular formula is C6H13Y. The van der Waals surface area contributed by atoms with Crippen molar-refractivity contribution in [2.75, 3.05) is 0 Å². The van der Waals surface area contributed by atoms with Crippen molar-refractivity contribution in [2.24, 2.45) is 5.92 Å². The molecule has 0 N–H and O–H groups in total. The van der Waals surface area contributed by atoms with E-state index in [9.17, 15) is 0 Å². The molecule has 40 valence electrons. The summed E-state index contributed by atoms with van der Waals surface area (Å²) < 4.78 is 1.48. The molecule has 0 spiro atoms. The SMILES string of the molecule is CC(C)CC[CH2][Y]. The van der Waals surface area contributed by atoms with Crippen LogP contribution in [0.25, 0.3) is 0 Å². The fourth-order valence-corrected chi connectivity index (χ4v) is 1.11. The summed E-state index contributed by atoms with van der Waals surface area (Å²) in [7, 11) is 0. The Morgan fingerprint density at radius 1 is 1.43 bits per heavy atom. The molecule has 0 aromatic heterocycles. The Morgan fingerprint density at radius 3 is 2.14 bits per heavy atom. The van der Waals surface area contributed by atoms with Gasteiger partial charge in [-0.2, -0.15) is 0 Å². The van der Waals surface area contributed by atoms with Crippen LogP contribution in [0.15, 0.2) is 0 Å². The average molecular weight is 174 g/mol. The van der Waals surface area contributed by atoms with Gasteiger partial charge in [-0.3, -0.25) is 0 Å². The third kappa shape index (κ3) is 7.10. The van der Waals surface area contributed by atoms with E-state index < -0.39 is 0 Å². The Labute approximate surface area is 66.5 Å². The third-order valence-electron chi connectivity index (χ3n) is 0.986. The van der Waals surface area contributed by atoms with E-state index in [-0.39, 0.29) is 0 Å². The number of rotatable bonds is 3. The molecule has 0 saturated carbocycles. The van der Waals surface area contributed by atoms with Gasteiger partial charge < -0.3 is 0 Å². The monoisotopic (exact) mass is 174 g/mol. The summed E-state index contributed by atoms with van der Waals surface area (Å²) >= 11 is 1.45. The molecule has 1 heteroatoms. The topological polar surface area (TPSA) is 0 Å². The van der Waals surface area contributed by atoms with Gasteiger partial charge in [0.15, 0.2) is 0 Å². The Morgan fingerprint density at radius 2 is 2.00 bits per heavy atom. The first-order chi connectivity index (χ1) is 3.27. The minimum atomic E-state index is 0.924. The first-order valence-electron chi connectivity index (χ1n) is 2.97. The number of hydrogen-bond acceptors (Lipinski definition) is 0. The van der Waals surface area contributed by atoms with Gasteiger partial charge in [-0.05, 0) is 0 Å². The third-order valence-corrected chi connectivity index (χ3v) is 1.99. The predicted molar refractivity (Wildman–Crippen MR) is 28.9 cm³/mol. The van der Waals surface area contributed by atoms with Gasteiger partial charge in [-0.25, -0.2) is 0 Å². The van der Waals surface area contributed by atoms with Crippen LogP contribution in [-0.4, -0.2) is 0 Å². The maximum atomic E-state index is 2.29. The van der Waals surface area contributed by atoms with Crippen LogP contribution in [0.4, 0.5) is 0 Å². The van der Waals surface area contributed by atoms with E-state index in [0.29, 0.717) is 0 Å². The second-order valence-corrected chi connectivity index (χ2v) is 3.74. The van der Waals surface area contributed by atoms with Crippen molar-refractivity contribution in [3.8, 4) is 0 Å². The summed E-state index contributed by atoms with van der Waals surface area (Å²) in [4.78, 5) is 0. The van der Waals surface area contributed by atoms with Crippen LogP contribution in [0.3, 0.4) is 0 Å². The van der Waals surface area contributed by atoms with E-state index >= 15 is 0 Å². The number of hydrogen-bond donors (Lipinski definition) is 0. The van der Waals surface area contributed by atoms with Gasteiger partial charge in [-0.15, -0.1) is 0 Å². The zero-order chi connectivity index (χ0) is 5.70. The molecule has 0 unspecified atom stereocenters. The van der Waals surface area contributed by atoms with Crippen LogP contribution in [0, 0.1) is 5.92 Å². The van der Waals surface area contributed by atoms with Gasteiger partial charge in [-0.1, -0.05) is 0 Å². The van der Waals surface area contributed by atoms with Crippen molar-refractivity contribution in [2.45, 2.75) is 29.9 Å². The summed E-state index contributed by atoms with van der Waals surface area (Å²) in [5.74, 6) is 0.924. The van der Waals surface area contributed by atoms with Crippen LogP contribution in [0.2, 0.25) is 3.23 Å². The summed E-state index contributed by atoms with van der Waals surface area (Å²) in [6, 6.07) is 0. The average Bonchev–Trinajstić information content (AvgIpc) is 1.61. The molecule has 0 rings (SSSR count). The minimum absolute atomic E-state index is 0.924. The van der Waals surface area contributed by atoms with Crippen LogP contribution < -0.4 is 0 Å². The Balaban J connectivity index is 2.68. The molecule has 0 heterocycles. The molecule has 0 aliphatic rings. The van der Waals surface area contributed by atoms with E-state index in [4.69, 9.17) is 0 Å². The van der Waals surface area contributed by atoms with Crippen LogP contribution in [0.5, 0.6) is 0 Å². The Hall–Kier alpha value is 1.10. The standard InChI is InChI=1S/C6H13.Y/c1-4-5-6(2)3;/h6H,1,4-5H2,2-3H3;. The molecule has 0 bridgehead atoms. The van der Waals surface area contributed by atoms with Crippen molar-refractivity contribution in [3.63, 3.8) is 0 Å². The van der Waals surface area contributed by atoms with Crippen LogP contribution in [-0.2, 0) is 31.0 Å². The molecule has 0 aromatic carbocycles. The molecule has 0 atom stereocenters. The van der Waals surface area contributed by atoms with E-state index in [2.05, 4.69) is 13.8 Å². The second-order valence-electron chi connectivity index (χ2n) is 2.32. The molecule has 0 aliphatic carbocycles. The zero-order valence-corrected chi connectivity index (χ0v) is 8.11. The van der Waals surface area contributed by atoms with Gasteiger partial charge in [0.25, 0.3) is 0 Å². The summed E-state index contributed by atoms with van der Waals surface area (Å²) in [5, 5.41) is 0. The molecule has 0 fully saturated rings. The van der Waals surface area contributed by atoms with Crippen molar-refractivity contribution in [1.82, 2.24) is 0 Å². The predicted octanol–water partition coefficient (Wildman–Crippen LogP) is 2.39. The molecular weight excluding hydrogens is 161 g/mol. The van der Waals surface area contributed by atoms with Crippen molar-refractivity contribution in [3.05, 3.63) is 0 Å². The summed E-state index contributed by atoms with van der Waals surface area (Å²) in [5.41, 5.74) is 0. The first kappa shape index (κ1) is 8.10. The van der Waals surface area contributed by atoms with Crippen molar-refractivity contribution < 1.29 is 31.0 Å². The van der Waals surface area contributed by atoms with E-state index in [1.54, 1.807) is 0 Å². The molecule has 0 amide bonds. The van der Waals surface area contributed by atoms with Gasteiger partial charge >= 0.3 is 66.8 Å². The van der Waals surface area contributed by atoms with E-state index in [0.717, 1.165) is 5.92 Å². The molecule has 0 nitrogen and oxygen atoms in total. The fourth-order valence-electron chi connectivity index (χ4n) is 0.526. The van der Waals surface area contributed by atoms with E-state index in [1.807, 2.05) is 0 Å². The molecule has 0 radical (unpaired) electrons. The summed E-state index contributed by atoms with van der Waals surface area (Å²) in [6.45, 7) is 4.58. The Bertz CT molecular complexity index is 33.2. The first-order valence-corrected chi connectivity index (χ1v) is 4.98. The van der Waals surface area contributed by atoms with Crippen molar-refractivity contribution in [1.29, 1.82) is 0 Å². The van der Waals surface area contributed by atoms with Gasteiger partial charge in [0, 0.05) is 0 Å². The van der Waals surface area contributed by atoms with E-state index in [1.165, 1.54) is 47.0 Å². The van der Waals surface area contributed by atoms with Crippen molar-refractivity contribution >= 4 is 0 Å². The summed E-state index contributed by atoms with van der Waals surface area (Å²) in [6.07, 6.45) is 2.89. The van der Waals surface area contributed by atoms with Crippen LogP contribution in [0.1, 0.15) is 26.7 Å². The van der Waals surface area contributed by atoms with Crippen LogP contribution >= 0.6 is 0 Å². The maximum absolute atomic E-state index is 2.29. The second kappa shape index (κ2) is 5.24. The quantitative estimate of drug-likeness (QED) is 0.616. The Kier molecular flexibility index (Phi) is 6.07. The van der Waals surface area contributed by atoms with Gasteiger partial charge in [0.05, 0.1) is 0 Å². The van der Waals surface area contributed by atoms with Gasteiger partial charge in [0.2, 0.25) is 0 Å².